The minimum atomic E-state index is 0.0325. The highest BCUT2D eigenvalue weighted by Gasteiger charge is 2.24. The van der Waals surface area contributed by atoms with E-state index in [1.165, 1.54) is 35.1 Å². The van der Waals surface area contributed by atoms with Crippen molar-refractivity contribution in [2.45, 2.75) is 46.1 Å². The Morgan fingerprint density at radius 2 is 1.88 bits per heavy atom. The summed E-state index contributed by atoms with van der Waals surface area (Å²) in [7, 11) is 0. The quantitative estimate of drug-likeness (QED) is 0.828. The van der Waals surface area contributed by atoms with Gasteiger partial charge in [0.1, 0.15) is 0 Å². The normalized spacial score (nSPS) is 14.9. The monoisotopic (exact) mass is 217 g/mol. The van der Waals surface area contributed by atoms with Crippen molar-refractivity contribution < 1.29 is 4.79 Å². The van der Waals surface area contributed by atoms with E-state index < -0.39 is 0 Å². The van der Waals surface area contributed by atoms with Gasteiger partial charge in [0.25, 0.3) is 0 Å². The van der Waals surface area contributed by atoms with Crippen molar-refractivity contribution in [1.29, 1.82) is 0 Å². The summed E-state index contributed by atoms with van der Waals surface area (Å²) in [6.45, 7) is 6.48. The number of hydrogen-bond acceptors (Lipinski definition) is 1. The Bertz CT molecular complexity index is 396. The smallest absolute Gasteiger partial charge is 0.217 e. The SMILES string of the molecule is CC(=O)NCc1c(C)cc(C2CC2)cc1C. The van der Waals surface area contributed by atoms with Crippen molar-refractivity contribution in [3.63, 3.8) is 0 Å². The van der Waals surface area contributed by atoms with E-state index in [2.05, 4.69) is 31.3 Å². The summed E-state index contributed by atoms with van der Waals surface area (Å²) in [5.74, 6) is 0.831. The molecule has 1 aliphatic carbocycles. The van der Waals surface area contributed by atoms with Gasteiger partial charge in [0.2, 0.25) is 5.91 Å². The number of benzene rings is 1. The molecule has 0 radical (unpaired) electrons. The van der Waals surface area contributed by atoms with Crippen LogP contribution in [0.15, 0.2) is 12.1 Å². The van der Waals surface area contributed by atoms with Crippen molar-refractivity contribution in [1.82, 2.24) is 5.32 Å². The van der Waals surface area contributed by atoms with E-state index in [4.69, 9.17) is 0 Å². The molecule has 1 aliphatic rings. The fraction of sp³-hybridized carbons (Fsp3) is 0.500. The van der Waals surface area contributed by atoms with Crippen LogP contribution in [0.2, 0.25) is 0 Å². The maximum Gasteiger partial charge on any atom is 0.217 e. The predicted molar refractivity (Wildman–Crippen MR) is 65.4 cm³/mol. The van der Waals surface area contributed by atoms with Gasteiger partial charge in [-0.1, -0.05) is 12.1 Å². The van der Waals surface area contributed by atoms with Crippen molar-refractivity contribution in [2.24, 2.45) is 0 Å². The summed E-state index contributed by atoms with van der Waals surface area (Å²) in [5.41, 5.74) is 5.34. The lowest BCUT2D eigenvalue weighted by atomic mass is 9.97. The van der Waals surface area contributed by atoms with E-state index in [1.807, 2.05) is 0 Å². The molecule has 1 fully saturated rings. The van der Waals surface area contributed by atoms with Crippen LogP contribution in [0.1, 0.15) is 47.9 Å². The molecule has 0 bridgehead atoms. The average Bonchev–Trinajstić information content (AvgIpc) is 2.98. The molecule has 2 rings (SSSR count). The molecule has 1 saturated carbocycles. The molecule has 86 valence electrons. The first kappa shape index (κ1) is 11.2. The fourth-order valence-electron chi connectivity index (χ4n) is 2.17. The standard InChI is InChI=1S/C14H19NO/c1-9-6-13(12-4-5-12)7-10(2)14(9)8-15-11(3)16/h6-7,12H,4-5,8H2,1-3H3,(H,15,16). The van der Waals surface area contributed by atoms with Gasteiger partial charge in [-0.15, -0.1) is 0 Å². The molecule has 1 aromatic carbocycles. The number of nitrogens with one attached hydrogen (secondary N) is 1. The third-order valence-corrected chi connectivity index (χ3v) is 3.28. The Morgan fingerprint density at radius 1 is 1.31 bits per heavy atom. The molecule has 16 heavy (non-hydrogen) atoms. The third kappa shape index (κ3) is 2.43. The largest absolute Gasteiger partial charge is 0.352 e. The summed E-state index contributed by atoms with van der Waals surface area (Å²) in [4.78, 5) is 10.9. The molecule has 0 aliphatic heterocycles. The van der Waals surface area contributed by atoms with Crippen LogP contribution in [-0.4, -0.2) is 5.91 Å². The van der Waals surface area contributed by atoms with Crippen LogP contribution in [0.3, 0.4) is 0 Å². The minimum absolute atomic E-state index is 0.0325. The van der Waals surface area contributed by atoms with Crippen LogP contribution in [0.4, 0.5) is 0 Å². The highest BCUT2D eigenvalue weighted by molar-refractivity contribution is 5.72. The second kappa shape index (κ2) is 4.28. The molecule has 0 saturated heterocycles. The van der Waals surface area contributed by atoms with Gasteiger partial charge >= 0.3 is 0 Å². The Hall–Kier alpha value is -1.31. The van der Waals surface area contributed by atoms with Gasteiger partial charge in [-0.25, -0.2) is 0 Å². The van der Waals surface area contributed by atoms with Crippen LogP contribution in [0.5, 0.6) is 0 Å². The first-order valence-corrected chi connectivity index (χ1v) is 5.92. The zero-order chi connectivity index (χ0) is 11.7. The van der Waals surface area contributed by atoms with Crippen LogP contribution < -0.4 is 5.32 Å². The van der Waals surface area contributed by atoms with E-state index in [0.717, 1.165) is 5.92 Å². The first-order chi connectivity index (χ1) is 7.58. The zero-order valence-corrected chi connectivity index (χ0v) is 10.3. The van der Waals surface area contributed by atoms with Gasteiger partial charge in [0.05, 0.1) is 0 Å². The van der Waals surface area contributed by atoms with Crippen molar-refractivity contribution >= 4 is 5.91 Å². The number of rotatable bonds is 3. The average molecular weight is 217 g/mol. The molecule has 1 amide bonds. The third-order valence-electron chi connectivity index (χ3n) is 3.28. The number of carbonyl (C=O) groups is 1. The predicted octanol–water partition coefficient (Wildman–Crippen LogP) is 2.82. The van der Waals surface area contributed by atoms with Crippen LogP contribution in [0.25, 0.3) is 0 Å². The lowest BCUT2D eigenvalue weighted by Crippen LogP contribution is -2.20. The Morgan fingerprint density at radius 3 is 2.31 bits per heavy atom. The molecule has 2 heteroatoms. The van der Waals surface area contributed by atoms with Crippen LogP contribution in [0, 0.1) is 13.8 Å². The van der Waals surface area contributed by atoms with E-state index in [9.17, 15) is 4.79 Å². The van der Waals surface area contributed by atoms with E-state index in [0.29, 0.717) is 6.54 Å². The zero-order valence-electron chi connectivity index (χ0n) is 10.3. The highest BCUT2D eigenvalue weighted by Crippen LogP contribution is 2.41. The van der Waals surface area contributed by atoms with Crippen molar-refractivity contribution in [3.8, 4) is 0 Å². The number of amides is 1. The fourth-order valence-corrected chi connectivity index (χ4v) is 2.17. The second-order valence-corrected chi connectivity index (χ2v) is 4.82. The lowest BCUT2D eigenvalue weighted by molar-refractivity contribution is -0.119. The summed E-state index contributed by atoms with van der Waals surface area (Å²) >= 11 is 0. The van der Waals surface area contributed by atoms with Crippen molar-refractivity contribution in [3.05, 3.63) is 34.4 Å². The van der Waals surface area contributed by atoms with Gasteiger partial charge in [-0.2, -0.15) is 0 Å². The van der Waals surface area contributed by atoms with Gasteiger partial charge in [-0.3, -0.25) is 4.79 Å². The Kier molecular flexibility index (Phi) is 2.99. The summed E-state index contributed by atoms with van der Waals surface area (Å²) < 4.78 is 0. The molecule has 1 N–H and O–H groups in total. The molecular formula is C14H19NO. The van der Waals surface area contributed by atoms with Gasteiger partial charge in [-0.05, 0) is 54.9 Å². The van der Waals surface area contributed by atoms with Crippen LogP contribution in [-0.2, 0) is 11.3 Å². The van der Waals surface area contributed by atoms with Gasteiger partial charge < -0.3 is 5.32 Å². The highest BCUT2D eigenvalue weighted by atomic mass is 16.1. The molecule has 0 unspecified atom stereocenters. The number of hydrogen-bond donors (Lipinski definition) is 1. The number of carbonyl (C=O) groups excluding carboxylic acids is 1. The molecule has 0 spiro atoms. The van der Waals surface area contributed by atoms with E-state index in [-0.39, 0.29) is 5.91 Å². The van der Waals surface area contributed by atoms with Gasteiger partial charge in [0.15, 0.2) is 0 Å². The Balaban J connectivity index is 2.20. The summed E-state index contributed by atoms with van der Waals surface area (Å²) in [6.07, 6.45) is 2.67. The van der Waals surface area contributed by atoms with E-state index >= 15 is 0 Å². The first-order valence-electron chi connectivity index (χ1n) is 5.92. The maximum absolute atomic E-state index is 10.9. The van der Waals surface area contributed by atoms with E-state index in [1.54, 1.807) is 6.92 Å². The molecular weight excluding hydrogens is 198 g/mol. The molecule has 1 aromatic rings. The maximum atomic E-state index is 10.9. The van der Waals surface area contributed by atoms with Crippen molar-refractivity contribution in [2.75, 3.05) is 0 Å². The summed E-state index contributed by atoms with van der Waals surface area (Å²) in [5, 5.41) is 2.87. The molecule has 0 atom stereocenters. The van der Waals surface area contributed by atoms with Crippen LogP contribution >= 0.6 is 0 Å². The molecule has 0 aromatic heterocycles. The minimum Gasteiger partial charge on any atom is -0.352 e. The Labute approximate surface area is 97.1 Å². The summed E-state index contributed by atoms with van der Waals surface area (Å²) in [6, 6.07) is 4.56. The topological polar surface area (TPSA) is 29.1 Å². The number of aryl methyl sites for hydroxylation is 2. The second-order valence-electron chi connectivity index (χ2n) is 4.82. The van der Waals surface area contributed by atoms with Gasteiger partial charge in [0, 0.05) is 13.5 Å². The molecule has 2 nitrogen and oxygen atoms in total. The lowest BCUT2D eigenvalue weighted by Gasteiger charge is -2.12. The molecule has 0 heterocycles.